The van der Waals surface area contributed by atoms with Gasteiger partial charge in [-0.2, -0.15) is 0 Å². The standard InChI is InChI=1S/C22H37NO6/c1-7-14(2)9-8-10-15(3)17(12-19(25)29-22(4,5)6)20(26)23-13-16(24)11-18(23)21(27)28/h7,14-18,24H,1,8-13H2,2-6H3,(H,27,28)/t14?,15-,16-,17+,18?/m1/s1. The van der Waals surface area contributed by atoms with Gasteiger partial charge in [0.2, 0.25) is 5.91 Å². The lowest BCUT2D eigenvalue weighted by Gasteiger charge is -2.30. The maximum Gasteiger partial charge on any atom is 0.326 e. The molecule has 0 aromatic carbocycles. The van der Waals surface area contributed by atoms with Crippen molar-refractivity contribution in [1.82, 2.24) is 4.90 Å². The highest BCUT2D eigenvalue weighted by molar-refractivity contribution is 5.88. The van der Waals surface area contributed by atoms with Crippen molar-refractivity contribution in [2.75, 3.05) is 6.54 Å². The fourth-order valence-electron chi connectivity index (χ4n) is 3.68. The van der Waals surface area contributed by atoms with Crippen LogP contribution < -0.4 is 0 Å². The number of carbonyl (C=O) groups excluding carboxylic acids is 2. The van der Waals surface area contributed by atoms with Gasteiger partial charge in [-0.05, 0) is 45.4 Å². The third-order valence-electron chi connectivity index (χ3n) is 5.38. The monoisotopic (exact) mass is 411 g/mol. The average Bonchev–Trinajstić information content (AvgIpc) is 2.99. The smallest absolute Gasteiger partial charge is 0.326 e. The molecule has 0 bridgehead atoms. The zero-order valence-electron chi connectivity index (χ0n) is 18.4. The number of esters is 1. The predicted molar refractivity (Wildman–Crippen MR) is 110 cm³/mol. The Morgan fingerprint density at radius 2 is 1.86 bits per heavy atom. The van der Waals surface area contributed by atoms with Crippen LogP contribution in [-0.4, -0.2) is 57.3 Å². The number of ether oxygens (including phenoxy) is 1. The van der Waals surface area contributed by atoms with Crippen molar-refractivity contribution < 1.29 is 29.3 Å². The topological polar surface area (TPSA) is 104 Å². The molecule has 0 aromatic heterocycles. The summed E-state index contributed by atoms with van der Waals surface area (Å²) in [4.78, 5) is 38.4. The van der Waals surface area contributed by atoms with Crippen LogP contribution in [-0.2, 0) is 19.1 Å². The molecule has 29 heavy (non-hydrogen) atoms. The number of aliphatic carboxylic acids is 1. The molecule has 166 valence electrons. The molecule has 1 heterocycles. The average molecular weight is 412 g/mol. The number of carboxylic acids is 1. The number of nitrogens with zero attached hydrogens (tertiary/aromatic N) is 1. The third-order valence-corrected chi connectivity index (χ3v) is 5.38. The van der Waals surface area contributed by atoms with E-state index in [1.807, 2.05) is 13.0 Å². The van der Waals surface area contributed by atoms with Crippen molar-refractivity contribution in [3.8, 4) is 0 Å². The molecule has 0 radical (unpaired) electrons. The summed E-state index contributed by atoms with van der Waals surface area (Å²) in [6.07, 6.45) is 3.45. The van der Waals surface area contributed by atoms with Crippen molar-refractivity contribution in [2.24, 2.45) is 17.8 Å². The van der Waals surface area contributed by atoms with E-state index in [1.54, 1.807) is 20.8 Å². The van der Waals surface area contributed by atoms with E-state index in [1.165, 1.54) is 4.90 Å². The van der Waals surface area contributed by atoms with E-state index in [4.69, 9.17) is 4.74 Å². The molecule has 0 aliphatic carbocycles. The molecule has 1 saturated heterocycles. The molecule has 1 aliphatic heterocycles. The van der Waals surface area contributed by atoms with Gasteiger partial charge in [-0.1, -0.05) is 26.3 Å². The first-order valence-electron chi connectivity index (χ1n) is 10.4. The summed E-state index contributed by atoms with van der Waals surface area (Å²) in [6.45, 7) is 13.0. The van der Waals surface area contributed by atoms with E-state index in [0.29, 0.717) is 5.92 Å². The Morgan fingerprint density at radius 3 is 2.38 bits per heavy atom. The van der Waals surface area contributed by atoms with E-state index in [-0.39, 0.29) is 25.3 Å². The molecule has 0 aromatic rings. The van der Waals surface area contributed by atoms with Crippen molar-refractivity contribution >= 4 is 17.8 Å². The number of allylic oxidation sites excluding steroid dienone is 1. The van der Waals surface area contributed by atoms with Crippen LogP contribution in [0.15, 0.2) is 12.7 Å². The van der Waals surface area contributed by atoms with Gasteiger partial charge in [0, 0.05) is 13.0 Å². The summed E-state index contributed by atoms with van der Waals surface area (Å²) in [5, 5.41) is 19.3. The normalized spacial score (nSPS) is 22.6. The molecule has 2 N–H and O–H groups in total. The number of aliphatic hydroxyl groups excluding tert-OH is 1. The highest BCUT2D eigenvalue weighted by atomic mass is 16.6. The van der Waals surface area contributed by atoms with Gasteiger partial charge < -0.3 is 19.8 Å². The Bertz CT molecular complexity index is 597. The Morgan fingerprint density at radius 1 is 1.24 bits per heavy atom. The zero-order chi connectivity index (χ0) is 22.4. The van der Waals surface area contributed by atoms with Crippen LogP contribution >= 0.6 is 0 Å². The number of β-amino-alcohol motifs (C(OH)–C–C–N with tert-alkyl or cyclic N) is 1. The van der Waals surface area contributed by atoms with E-state index in [2.05, 4.69) is 13.5 Å². The maximum atomic E-state index is 13.2. The molecule has 1 rings (SSSR count). The van der Waals surface area contributed by atoms with Gasteiger partial charge in [-0.25, -0.2) is 4.79 Å². The minimum absolute atomic E-state index is 0.00542. The van der Waals surface area contributed by atoms with Crippen LogP contribution in [0.2, 0.25) is 0 Å². The molecule has 7 heteroatoms. The fourth-order valence-corrected chi connectivity index (χ4v) is 3.68. The minimum Gasteiger partial charge on any atom is -0.480 e. The lowest BCUT2D eigenvalue weighted by atomic mass is 9.84. The Kier molecular flexibility index (Phi) is 9.33. The molecule has 0 saturated carbocycles. The van der Waals surface area contributed by atoms with Gasteiger partial charge in [-0.3, -0.25) is 9.59 Å². The van der Waals surface area contributed by atoms with Gasteiger partial charge >= 0.3 is 11.9 Å². The summed E-state index contributed by atoms with van der Waals surface area (Å²) >= 11 is 0. The highest BCUT2D eigenvalue weighted by Crippen LogP contribution is 2.29. The summed E-state index contributed by atoms with van der Waals surface area (Å²) in [5.74, 6) is -2.46. The van der Waals surface area contributed by atoms with E-state index in [9.17, 15) is 24.6 Å². The number of hydrogen-bond donors (Lipinski definition) is 2. The van der Waals surface area contributed by atoms with Crippen molar-refractivity contribution in [3.05, 3.63) is 12.7 Å². The fraction of sp³-hybridized carbons (Fsp3) is 0.773. The van der Waals surface area contributed by atoms with Gasteiger partial charge in [0.15, 0.2) is 0 Å². The lowest BCUT2D eigenvalue weighted by molar-refractivity contribution is -0.160. The Balaban J connectivity index is 2.95. The molecule has 1 amide bonds. The summed E-state index contributed by atoms with van der Waals surface area (Å²) < 4.78 is 5.40. The summed E-state index contributed by atoms with van der Waals surface area (Å²) in [5.41, 5.74) is -0.666. The van der Waals surface area contributed by atoms with Crippen LogP contribution in [0.25, 0.3) is 0 Å². The van der Waals surface area contributed by atoms with E-state index in [0.717, 1.165) is 19.3 Å². The second-order valence-electron chi connectivity index (χ2n) is 9.25. The second-order valence-corrected chi connectivity index (χ2v) is 9.25. The largest absolute Gasteiger partial charge is 0.480 e. The SMILES string of the molecule is C=CC(C)CCC[C@@H](C)[C@H](CC(=O)OC(C)(C)C)C(=O)N1C[C@H](O)CC1C(=O)O. The number of amides is 1. The summed E-state index contributed by atoms with van der Waals surface area (Å²) in [7, 11) is 0. The molecular weight excluding hydrogens is 374 g/mol. The van der Waals surface area contributed by atoms with Crippen LogP contribution in [0.3, 0.4) is 0 Å². The number of likely N-dealkylation sites (tertiary alicyclic amines) is 1. The quantitative estimate of drug-likeness (QED) is 0.423. The molecule has 1 aliphatic rings. The Labute approximate surface area is 174 Å². The lowest BCUT2D eigenvalue weighted by Crippen LogP contribution is -2.46. The van der Waals surface area contributed by atoms with Crippen LogP contribution in [0.1, 0.15) is 66.7 Å². The molecule has 1 fully saturated rings. The third kappa shape index (κ3) is 8.17. The molecule has 5 atom stereocenters. The molecular formula is C22H37NO6. The Hall–Kier alpha value is -1.89. The van der Waals surface area contributed by atoms with Gasteiger partial charge in [-0.15, -0.1) is 6.58 Å². The number of carboxylic acid groups (broad SMARTS) is 1. The number of carbonyl (C=O) groups is 3. The first-order chi connectivity index (χ1) is 13.4. The minimum atomic E-state index is -1.14. The predicted octanol–water partition coefficient (Wildman–Crippen LogP) is 3.01. The van der Waals surface area contributed by atoms with Crippen molar-refractivity contribution in [3.63, 3.8) is 0 Å². The zero-order valence-corrected chi connectivity index (χ0v) is 18.4. The molecule has 7 nitrogen and oxygen atoms in total. The van der Waals surface area contributed by atoms with Crippen LogP contribution in [0.4, 0.5) is 0 Å². The second kappa shape index (κ2) is 10.8. The molecule has 0 spiro atoms. The van der Waals surface area contributed by atoms with Crippen molar-refractivity contribution in [2.45, 2.75) is 84.5 Å². The summed E-state index contributed by atoms with van der Waals surface area (Å²) in [6, 6.07) is -1.06. The molecule has 2 unspecified atom stereocenters. The first-order valence-corrected chi connectivity index (χ1v) is 10.4. The maximum absolute atomic E-state index is 13.2. The van der Waals surface area contributed by atoms with Crippen molar-refractivity contribution in [1.29, 1.82) is 0 Å². The van der Waals surface area contributed by atoms with Gasteiger partial charge in [0.05, 0.1) is 18.4 Å². The number of hydrogen-bond acceptors (Lipinski definition) is 5. The van der Waals surface area contributed by atoms with Crippen LogP contribution in [0, 0.1) is 17.8 Å². The van der Waals surface area contributed by atoms with E-state index < -0.39 is 41.5 Å². The number of aliphatic hydroxyl groups is 1. The van der Waals surface area contributed by atoms with E-state index >= 15 is 0 Å². The van der Waals surface area contributed by atoms with Gasteiger partial charge in [0.1, 0.15) is 11.6 Å². The first kappa shape index (κ1) is 25.1. The van der Waals surface area contributed by atoms with Crippen LogP contribution in [0.5, 0.6) is 0 Å². The number of rotatable bonds is 10. The van der Waals surface area contributed by atoms with Gasteiger partial charge in [0.25, 0.3) is 0 Å². The highest BCUT2D eigenvalue weighted by Gasteiger charge is 2.43.